The predicted molar refractivity (Wildman–Crippen MR) is 134 cm³/mol. The number of carbonyl (C=O) groups excluding carboxylic acids is 3. The summed E-state index contributed by atoms with van der Waals surface area (Å²) >= 11 is 0. The summed E-state index contributed by atoms with van der Waals surface area (Å²) in [5.41, 5.74) is 1.45. The summed E-state index contributed by atoms with van der Waals surface area (Å²) < 4.78 is 9.70. The Kier molecular flexibility index (Phi) is 8.35. The lowest BCUT2D eigenvalue weighted by Crippen LogP contribution is -2.39. The van der Waals surface area contributed by atoms with Crippen molar-refractivity contribution in [2.24, 2.45) is 0 Å². The summed E-state index contributed by atoms with van der Waals surface area (Å²) in [7, 11) is 1.11. The van der Waals surface area contributed by atoms with Crippen molar-refractivity contribution in [1.29, 1.82) is 0 Å². The van der Waals surface area contributed by atoms with Crippen LogP contribution in [-0.4, -0.2) is 42.5 Å². The van der Waals surface area contributed by atoms with E-state index in [1.165, 1.54) is 4.90 Å². The van der Waals surface area contributed by atoms with Crippen LogP contribution in [0, 0.1) is 10.1 Å². The maximum absolute atomic E-state index is 12.9. The van der Waals surface area contributed by atoms with Gasteiger partial charge in [0.15, 0.2) is 6.61 Å². The fourth-order valence-electron chi connectivity index (χ4n) is 3.47. The summed E-state index contributed by atoms with van der Waals surface area (Å²) in [4.78, 5) is 49.2. The molecule has 0 unspecified atom stereocenters. The standard InChI is InChI=1S/C26H25N3O7/c1-17(2)28(22-11-9-21(10-12-22)27-20-7-5-4-6-8-20)24(30)16-36-26(32)19-13-18(25(31)35-3)14-23(15-19)29(33)34/h4-15,17,27H,16H2,1-3H3. The first kappa shape index (κ1) is 25.9. The van der Waals surface area contributed by atoms with Gasteiger partial charge < -0.3 is 19.7 Å². The third-order valence-electron chi connectivity index (χ3n) is 5.11. The van der Waals surface area contributed by atoms with Gasteiger partial charge in [-0.1, -0.05) is 18.2 Å². The first-order valence-electron chi connectivity index (χ1n) is 11.0. The molecular formula is C26H25N3O7. The summed E-state index contributed by atoms with van der Waals surface area (Å²) in [6.45, 7) is 3.04. The van der Waals surface area contributed by atoms with Gasteiger partial charge in [0.1, 0.15) is 0 Å². The van der Waals surface area contributed by atoms with E-state index in [0.717, 1.165) is 36.7 Å². The van der Waals surface area contributed by atoms with Crippen molar-refractivity contribution in [3.05, 3.63) is 94.0 Å². The van der Waals surface area contributed by atoms with Crippen LogP contribution >= 0.6 is 0 Å². The summed E-state index contributed by atoms with van der Waals surface area (Å²) in [5, 5.41) is 14.5. The molecule has 3 rings (SSSR count). The third kappa shape index (κ3) is 6.44. The van der Waals surface area contributed by atoms with Crippen molar-refractivity contribution >= 4 is 40.6 Å². The average molecular weight is 492 g/mol. The quantitative estimate of drug-likeness (QED) is 0.259. The number of amides is 1. The molecule has 10 heteroatoms. The van der Waals surface area contributed by atoms with Gasteiger partial charge in [0.05, 0.1) is 23.2 Å². The minimum atomic E-state index is -0.983. The summed E-state index contributed by atoms with van der Waals surface area (Å²) in [6.07, 6.45) is 0. The van der Waals surface area contributed by atoms with Crippen LogP contribution < -0.4 is 10.2 Å². The number of nitrogens with one attached hydrogen (secondary N) is 1. The number of rotatable bonds is 9. The molecule has 0 aromatic heterocycles. The lowest BCUT2D eigenvalue weighted by atomic mass is 10.1. The molecule has 36 heavy (non-hydrogen) atoms. The minimum absolute atomic E-state index is 0.182. The first-order chi connectivity index (χ1) is 17.2. The Morgan fingerprint density at radius 1 is 0.917 bits per heavy atom. The molecule has 0 aliphatic rings. The molecule has 0 aliphatic heterocycles. The number of non-ortho nitro benzene ring substituents is 1. The number of nitro benzene ring substituents is 1. The number of hydrogen-bond donors (Lipinski definition) is 1. The van der Waals surface area contributed by atoms with Gasteiger partial charge in [-0.25, -0.2) is 9.59 Å². The van der Waals surface area contributed by atoms with Gasteiger partial charge in [-0.2, -0.15) is 0 Å². The van der Waals surface area contributed by atoms with Crippen molar-refractivity contribution in [2.45, 2.75) is 19.9 Å². The normalized spacial score (nSPS) is 10.4. The van der Waals surface area contributed by atoms with E-state index in [1.54, 1.807) is 12.1 Å². The van der Waals surface area contributed by atoms with Crippen LogP contribution in [0.5, 0.6) is 0 Å². The molecule has 0 spiro atoms. The molecule has 10 nitrogen and oxygen atoms in total. The van der Waals surface area contributed by atoms with Crippen molar-refractivity contribution in [3.8, 4) is 0 Å². The SMILES string of the molecule is COC(=O)c1cc(C(=O)OCC(=O)N(c2ccc(Nc3ccccc3)cc2)C(C)C)cc([N+](=O)[O-])c1. The highest BCUT2D eigenvalue weighted by Gasteiger charge is 2.23. The van der Waals surface area contributed by atoms with E-state index < -0.39 is 35.1 Å². The lowest BCUT2D eigenvalue weighted by molar-refractivity contribution is -0.384. The lowest BCUT2D eigenvalue weighted by Gasteiger charge is -2.27. The van der Waals surface area contributed by atoms with Gasteiger partial charge >= 0.3 is 11.9 Å². The first-order valence-corrected chi connectivity index (χ1v) is 11.0. The van der Waals surface area contributed by atoms with Gasteiger partial charge in [0.25, 0.3) is 11.6 Å². The molecule has 0 saturated heterocycles. The van der Waals surface area contributed by atoms with Gasteiger partial charge in [0.2, 0.25) is 0 Å². The highest BCUT2D eigenvalue weighted by Crippen LogP contribution is 2.23. The second kappa shape index (κ2) is 11.6. The second-order valence-corrected chi connectivity index (χ2v) is 7.99. The van der Waals surface area contributed by atoms with Gasteiger partial charge in [-0.05, 0) is 56.3 Å². The summed E-state index contributed by atoms with van der Waals surface area (Å²) in [6, 6.07) is 19.7. The Morgan fingerprint density at radius 3 is 2.06 bits per heavy atom. The van der Waals surface area contributed by atoms with Crippen molar-refractivity contribution in [1.82, 2.24) is 0 Å². The predicted octanol–water partition coefficient (Wildman–Crippen LogP) is 4.72. The fourth-order valence-corrected chi connectivity index (χ4v) is 3.47. The van der Waals surface area contributed by atoms with Crippen molar-refractivity contribution < 1.29 is 28.8 Å². The number of nitrogens with zero attached hydrogens (tertiary/aromatic N) is 2. The number of ether oxygens (including phenoxy) is 2. The molecule has 0 bridgehead atoms. The van der Waals surface area contributed by atoms with E-state index in [4.69, 9.17) is 4.74 Å². The Balaban J connectivity index is 1.71. The number of hydrogen-bond acceptors (Lipinski definition) is 8. The molecule has 186 valence electrons. The number of methoxy groups -OCH3 is 1. The van der Waals surface area contributed by atoms with Gasteiger partial charge in [-0.3, -0.25) is 14.9 Å². The Hall–Kier alpha value is -4.73. The fraction of sp³-hybridized carbons (Fsp3) is 0.192. The molecule has 0 aliphatic carbocycles. The summed E-state index contributed by atoms with van der Waals surface area (Å²) in [5.74, 6) is -2.32. The Bertz CT molecular complexity index is 1260. The zero-order valence-corrected chi connectivity index (χ0v) is 20.0. The maximum atomic E-state index is 12.9. The molecule has 1 N–H and O–H groups in total. The van der Waals surface area contributed by atoms with Gasteiger partial charge in [0, 0.05) is 35.2 Å². The topological polar surface area (TPSA) is 128 Å². The van der Waals surface area contributed by atoms with E-state index in [-0.39, 0.29) is 17.2 Å². The van der Waals surface area contributed by atoms with E-state index in [9.17, 15) is 24.5 Å². The van der Waals surface area contributed by atoms with Crippen LogP contribution in [0.3, 0.4) is 0 Å². The van der Waals surface area contributed by atoms with E-state index in [2.05, 4.69) is 10.1 Å². The highest BCUT2D eigenvalue weighted by atomic mass is 16.6. The smallest absolute Gasteiger partial charge is 0.338 e. The number of esters is 2. The molecule has 0 radical (unpaired) electrons. The van der Waals surface area contributed by atoms with Crippen molar-refractivity contribution in [3.63, 3.8) is 0 Å². The van der Waals surface area contributed by atoms with Crippen LogP contribution in [-0.2, 0) is 14.3 Å². The van der Waals surface area contributed by atoms with Gasteiger partial charge in [-0.15, -0.1) is 0 Å². The molecule has 0 saturated carbocycles. The van der Waals surface area contributed by atoms with Crippen LogP contribution in [0.15, 0.2) is 72.8 Å². The van der Waals surface area contributed by atoms with Crippen LogP contribution in [0.2, 0.25) is 0 Å². The second-order valence-electron chi connectivity index (χ2n) is 7.99. The number of carbonyl (C=O) groups is 3. The molecule has 1 amide bonds. The number of para-hydroxylation sites is 1. The Labute approximate surface area is 207 Å². The largest absolute Gasteiger partial charge is 0.465 e. The molecule has 0 fully saturated rings. The van der Waals surface area contributed by atoms with Crippen LogP contribution in [0.25, 0.3) is 0 Å². The van der Waals surface area contributed by atoms with Crippen molar-refractivity contribution in [2.75, 3.05) is 23.9 Å². The number of benzene rings is 3. The average Bonchev–Trinajstić information content (AvgIpc) is 2.88. The van der Waals surface area contributed by atoms with Crippen LogP contribution in [0.1, 0.15) is 34.6 Å². The number of anilines is 3. The molecular weight excluding hydrogens is 466 g/mol. The van der Waals surface area contributed by atoms with E-state index in [0.29, 0.717) is 5.69 Å². The Morgan fingerprint density at radius 2 is 1.50 bits per heavy atom. The zero-order chi connectivity index (χ0) is 26.2. The third-order valence-corrected chi connectivity index (χ3v) is 5.11. The molecule has 0 atom stereocenters. The molecule has 0 heterocycles. The monoisotopic (exact) mass is 491 g/mol. The maximum Gasteiger partial charge on any atom is 0.338 e. The minimum Gasteiger partial charge on any atom is -0.465 e. The highest BCUT2D eigenvalue weighted by molar-refractivity contribution is 5.99. The zero-order valence-electron chi connectivity index (χ0n) is 20.0. The van der Waals surface area contributed by atoms with Crippen LogP contribution in [0.4, 0.5) is 22.7 Å². The van der Waals surface area contributed by atoms with E-state index >= 15 is 0 Å². The molecule has 3 aromatic carbocycles. The van der Waals surface area contributed by atoms with E-state index in [1.807, 2.05) is 56.3 Å². The molecule has 3 aromatic rings. The number of nitro groups is 1.